The Labute approximate surface area is 90.2 Å². The molecule has 0 spiro atoms. The van der Waals surface area contributed by atoms with Crippen molar-refractivity contribution in [2.75, 3.05) is 0 Å². The Morgan fingerprint density at radius 1 is 1.00 bits per heavy atom. The maximum absolute atomic E-state index is 12.3. The Hall–Kier alpha value is 1.68. The van der Waals surface area contributed by atoms with E-state index < -0.39 is 14.6 Å². The van der Waals surface area contributed by atoms with Crippen molar-refractivity contribution in [2.45, 2.75) is 29.8 Å². The third-order valence-electron chi connectivity index (χ3n) is 1.53. The zero-order valence-corrected chi connectivity index (χ0v) is 6.15. The predicted molar refractivity (Wildman–Crippen MR) is 42.5 cm³/mol. The van der Waals surface area contributed by atoms with Crippen LogP contribution in [0.25, 0.3) is 0 Å². The van der Waals surface area contributed by atoms with Gasteiger partial charge >= 0.3 is 52.3 Å². The second-order valence-electron chi connectivity index (χ2n) is 2.24. The zero-order chi connectivity index (χ0) is 5.11. The van der Waals surface area contributed by atoms with Crippen LogP contribution in [0.2, 0.25) is 10.6 Å². The normalized spacial score (nSPS) is 17.7. The fourth-order valence-electron chi connectivity index (χ4n) is 1.05. The molecule has 0 aromatic heterocycles. The zero-order valence-electron chi connectivity index (χ0n) is 4.99. The van der Waals surface area contributed by atoms with Crippen LogP contribution in [0, 0.1) is 0 Å². The van der Waals surface area contributed by atoms with E-state index in [9.17, 15) is 3.52 Å². The van der Waals surface area contributed by atoms with Crippen LogP contribution in [0.1, 0.15) is 19.3 Å². The summed E-state index contributed by atoms with van der Waals surface area (Å²) in [6.45, 7) is 0. The third-order valence-corrected chi connectivity index (χ3v) is 3.60. The van der Waals surface area contributed by atoms with E-state index in [1.54, 1.807) is 0 Å². The molecule has 0 aliphatic carbocycles. The smallest absolute Gasteiger partial charge is 0.418 e. The summed E-state index contributed by atoms with van der Waals surface area (Å²) in [5.41, 5.74) is 0. The Balaban J connectivity index is 0. The van der Waals surface area contributed by atoms with Crippen LogP contribution in [0.3, 0.4) is 0 Å². The summed E-state index contributed by atoms with van der Waals surface area (Å²) in [5.74, 6) is 0. The van der Waals surface area contributed by atoms with E-state index in [4.69, 9.17) is 0 Å². The molecule has 0 atom stereocenters. The van der Waals surface area contributed by atoms with Gasteiger partial charge in [-0.15, -0.1) is 0 Å². The van der Waals surface area contributed by atoms with Crippen LogP contribution in [0.4, 0.5) is 3.52 Å². The van der Waals surface area contributed by atoms with Crippen molar-refractivity contribution in [2.24, 2.45) is 0 Å². The molecule has 0 unspecified atom stereocenters. The Kier molecular flexibility index (Phi) is 11.5. The van der Waals surface area contributed by atoms with Gasteiger partial charge in [-0.3, -0.25) is 0 Å². The summed E-state index contributed by atoms with van der Waals surface area (Å²) in [4.78, 5) is 0. The quantitative estimate of drug-likeness (QED) is 0.478. The summed E-state index contributed by atoms with van der Waals surface area (Å²) in [6, 6.07) is 0. The van der Waals surface area contributed by atoms with Gasteiger partial charge in [-0.05, 0) is 0 Å². The molecule has 1 saturated heterocycles. The molecule has 2 N–H and O–H groups in total. The monoisotopic (exact) mass is 176 g/mol. The molecule has 0 aromatic rings. The van der Waals surface area contributed by atoms with Crippen molar-refractivity contribution in [1.29, 1.82) is 0 Å². The van der Waals surface area contributed by atoms with Gasteiger partial charge in [-0.25, -0.2) is 0 Å². The van der Waals surface area contributed by atoms with Gasteiger partial charge in [0, 0.05) is 0 Å². The van der Waals surface area contributed by atoms with Gasteiger partial charge in [-0.2, -0.15) is 0 Å². The first-order chi connectivity index (χ1) is 3.39. The molecule has 1 fully saturated rings. The molecule has 0 aromatic carbocycles. The molecule has 4 heteroatoms. The first-order valence-corrected chi connectivity index (χ1v) is 5.10. The molecule has 52 valence electrons. The van der Waals surface area contributed by atoms with E-state index in [2.05, 4.69) is 0 Å². The van der Waals surface area contributed by atoms with Crippen LogP contribution in [-0.2, 0) is 0 Å². The summed E-state index contributed by atoms with van der Waals surface area (Å²) < 4.78 is 12.3. The summed E-state index contributed by atoms with van der Waals surface area (Å²) in [6.07, 6.45) is 3.63. The van der Waals surface area contributed by atoms with Gasteiger partial charge in [0.05, 0.1) is 0 Å². The standard InChI is InChI=1S/C5H10.Al.Ca.FH.H2O.2H/c1-3-5-4-2;;;;;;/h1-5H2;;;1H;1H2;;/q;+1;;;;;/p-1. The van der Waals surface area contributed by atoms with Crippen LogP contribution >= 0.6 is 0 Å². The first kappa shape index (κ1) is 13.3. The average molecular weight is 176 g/mol. The minimum Gasteiger partial charge on any atom is -0.418 e. The van der Waals surface area contributed by atoms with Crippen LogP contribution in [0.5, 0.6) is 0 Å². The molecular weight excluding hydrogens is 162 g/mol. The van der Waals surface area contributed by atoms with Crippen molar-refractivity contribution in [3.05, 3.63) is 0 Å². The van der Waals surface area contributed by atoms with Gasteiger partial charge in [0.2, 0.25) is 0 Å². The van der Waals surface area contributed by atoms with Crippen molar-refractivity contribution in [3.8, 4) is 0 Å². The average Bonchev–Trinajstić information content (AvgIpc) is 1.69. The van der Waals surface area contributed by atoms with Crippen LogP contribution in [-0.4, -0.2) is 57.8 Å². The van der Waals surface area contributed by atoms with Gasteiger partial charge in [0.25, 0.3) is 0 Å². The number of rotatable bonds is 0. The van der Waals surface area contributed by atoms with E-state index in [0.29, 0.717) is 0 Å². The molecular formula is C5H14AlCaFO. The summed E-state index contributed by atoms with van der Waals surface area (Å²) in [5, 5.41) is 1.92. The largest absolute Gasteiger partial charge is 0.516 e. The van der Waals surface area contributed by atoms with E-state index in [1.165, 1.54) is 19.3 Å². The molecule has 0 saturated carbocycles. The Morgan fingerprint density at radius 3 is 1.67 bits per heavy atom. The molecule has 1 heterocycles. The third kappa shape index (κ3) is 6.10. The maximum Gasteiger partial charge on any atom is 0.516 e. The molecule has 1 rings (SSSR count). The second kappa shape index (κ2) is 7.79. The molecule has 0 amide bonds. The summed E-state index contributed by atoms with van der Waals surface area (Å²) >= 11 is -1.59. The number of hydrogen-bond donors (Lipinski definition) is 0. The van der Waals surface area contributed by atoms with Crippen molar-refractivity contribution < 1.29 is 9.00 Å². The maximum atomic E-state index is 12.3. The van der Waals surface area contributed by atoms with Crippen LogP contribution in [0.15, 0.2) is 0 Å². The van der Waals surface area contributed by atoms with Gasteiger partial charge < -0.3 is 9.00 Å². The molecule has 1 aliphatic rings. The molecule has 1 aliphatic heterocycles. The molecule has 0 radical (unpaired) electrons. The van der Waals surface area contributed by atoms with E-state index in [1.807, 2.05) is 0 Å². The van der Waals surface area contributed by atoms with Gasteiger partial charge in [0.15, 0.2) is 0 Å². The van der Waals surface area contributed by atoms with E-state index >= 15 is 0 Å². The van der Waals surface area contributed by atoms with E-state index in [0.717, 1.165) is 10.6 Å². The van der Waals surface area contributed by atoms with E-state index in [-0.39, 0.29) is 43.2 Å². The van der Waals surface area contributed by atoms with Crippen LogP contribution < -0.4 is 0 Å². The van der Waals surface area contributed by atoms with Crippen molar-refractivity contribution in [3.63, 3.8) is 0 Å². The predicted octanol–water partition coefficient (Wildman–Crippen LogP) is 0.390. The first-order valence-electron chi connectivity index (χ1n) is 3.03. The van der Waals surface area contributed by atoms with Crippen molar-refractivity contribution in [1.82, 2.24) is 0 Å². The molecule has 9 heavy (non-hydrogen) atoms. The Bertz CT molecular complexity index is 58.9. The minimum absolute atomic E-state index is 0. The SMILES string of the molecule is O.[CaH2].[F][Al]1[CH2]CCC[CH2]1. The van der Waals surface area contributed by atoms with Gasteiger partial charge in [-0.1, -0.05) is 29.8 Å². The molecule has 0 bridgehead atoms. The van der Waals surface area contributed by atoms with Gasteiger partial charge in [0.1, 0.15) is 0 Å². The molecule has 1 nitrogen and oxygen atoms in total. The fraction of sp³-hybridized carbons (Fsp3) is 1.00. The summed E-state index contributed by atoms with van der Waals surface area (Å²) in [7, 11) is 0. The fourth-order valence-corrected chi connectivity index (χ4v) is 2.80. The number of hydrogen-bond acceptors (Lipinski definition) is 0. The Morgan fingerprint density at radius 2 is 1.44 bits per heavy atom. The van der Waals surface area contributed by atoms with Crippen molar-refractivity contribution >= 4 is 52.3 Å². The topological polar surface area (TPSA) is 31.5 Å². The second-order valence-corrected chi connectivity index (χ2v) is 4.58. The minimum atomic E-state index is -1.59. The number of halogens is 1.